The van der Waals surface area contributed by atoms with Crippen LogP contribution >= 0.6 is 0 Å². The van der Waals surface area contributed by atoms with Crippen LogP contribution in [0.15, 0.2) is 30.3 Å². The molecule has 0 spiro atoms. The first-order valence-electron chi connectivity index (χ1n) is 14.1. The molecule has 12 nitrogen and oxygen atoms in total. The van der Waals surface area contributed by atoms with Crippen molar-refractivity contribution in [2.24, 2.45) is 11.7 Å². The Morgan fingerprint density at radius 3 is 2.15 bits per heavy atom. The number of nitrogens with one attached hydrogen (secondary N) is 3. The molecular formula is C29H49N5O7. The minimum absolute atomic E-state index is 0.172. The zero-order chi connectivity index (χ0) is 30.8. The summed E-state index contributed by atoms with van der Waals surface area (Å²) in [4.78, 5) is 50.8. The van der Waals surface area contributed by atoms with Crippen LogP contribution in [-0.2, 0) is 30.4 Å². The summed E-state index contributed by atoms with van der Waals surface area (Å²) in [5.41, 5.74) is 5.53. The molecule has 0 unspecified atom stereocenters. The molecule has 1 aliphatic rings. The summed E-state index contributed by atoms with van der Waals surface area (Å²) in [6.07, 6.45) is 0.0520. The molecule has 41 heavy (non-hydrogen) atoms. The maximum absolute atomic E-state index is 12.8. The number of likely N-dealkylation sites (N-methyl/N-ethyl adjacent to an activating group) is 1. The first-order chi connectivity index (χ1) is 19.3. The second-order valence-corrected chi connectivity index (χ2v) is 11.2. The van der Waals surface area contributed by atoms with Crippen molar-refractivity contribution in [3.8, 4) is 0 Å². The molecule has 12 heteroatoms. The van der Waals surface area contributed by atoms with Crippen LogP contribution in [0, 0.1) is 5.92 Å². The molecule has 0 aliphatic carbocycles. The lowest BCUT2D eigenvalue weighted by Gasteiger charge is -2.25. The lowest BCUT2D eigenvalue weighted by molar-refractivity contribution is -0.129. The molecule has 2 rings (SSSR count). The first kappa shape index (κ1) is 35.6. The molecule has 0 aromatic heterocycles. The van der Waals surface area contributed by atoms with E-state index < -0.39 is 41.7 Å². The smallest absolute Gasteiger partial charge is 0.408 e. The van der Waals surface area contributed by atoms with E-state index in [0.29, 0.717) is 19.4 Å². The van der Waals surface area contributed by atoms with Crippen LogP contribution in [0.2, 0.25) is 0 Å². The quantitative estimate of drug-likeness (QED) is 0.275. The Morgan fingerprint density at radius 2 is 1.63 bits per heavy atom. The zero-order valence-corrected chi connectivity index (χ0v) is 25.4. The van der Waals surface area contributed by atoms with Gasteiger partial charge in [0.2, 0.25) is 11.8 Å². The number of hydrogen-bond acceptors (Lipinski definition) is 8. The van der Waals surface area contributed by atoms with E-state index in [0.717, 1.165) is 31.9 Å². The van der Waals surface area contributed by atoms with E-state index >= 15 is 0 Å². The number of carbonyl (C=O) groups excluding carboxylic acids is 4. The Balaban J connectivity index is 0.00000104. The largest absolute Gasteiger partial charge is 0.445 e. The van der Waals surface area contributed by atoms with Gasteiger partial charge in [-0.05, 0) is 58.6 Å². The summed E-state index contributed by atoms with van der Waals surface area (Å²) in [6, 6.07) is 7.53. The van der Waals surface area contributed by atoms with Crippen LogP contribution in [-0.4, -0.2) is 86.5 Å². The highest BCUT2D eigenvalue weighted by Gasteiger charge is 2.28. The molecule has 0 saturated carbocycles. The summed E-state index contributed by atoms with van der Waals surface area (Å²) < 4.78 is 15.5. The van der Waals surface area contributed by atoms with Gasteiger partial charge >= 0.3 is 12.2 Å². The van der Waals surface area contributed by atoms with Crippen LogP contribution in [0.4, 0.5) is 9.59 Å². The Morgan fingerprint density at radius 1 is 1.00 bits per heavy atom. The summed E-state index contributed by atoms with van der Waals surface area (Å²) >= 11 is 0. The molecule has 1 aliphatic heterocycles. The number of ether oxygens (including phenoxy) is 3. The molecule has 2 atom stereocenters. The number of morpholine rings is 1. The molecule has 1 heterocycles. The van der Waals surface area contributed by atoms with E-state index in [1.807, 2.05) is 30.3 Å². The minimum atomic E-state index is -0.930. The predicted molar refractivity (Wildman–Crippen MR) is 156 cm³/mol. The van der Waals surface area contributed by atoms with Gasteiger partial charge in [-0.1, -0.05) is 44.2 Å². The van der Waals surface area contributed by atoms with Gasteiger partial charge in [-0.3, -0.25) is 9.59 Å². The Labute approximate surface area is 244 Å². The number of rotatable bonds is 12. The van der Waals surface area contributed by atoms with Gasteiger partial charge in [0.25, 0.3) is 0 Å². The zero-order valence-electron chi connectivity index (χ0n) is 25.4. The van der Waals surface area contributed by atoms with Gasteiger partial charge in [-0.15, -0.1) is 0 Å². The number of nitrogens with two attached hydrogens (primary N) is 1. The summed E-state index contributed by atoms with van der Waals surface area (Å²) in [5, 5.41) is 7.81. The van der Waals surface area contributed by atoms with Crippen molar-refractivity contribution in [2.75, 3.05) is 39.9 Å². The van der Waals surface area contributed by atoms with Crippen molar-refractivity contribution in [1.82, 2.24) is 20.9 Å². The van der Waals surface area contributed by atoms with Crippen molar-refractivity contribution in [3.63, 3.8) is 0 Å². The third-order valence-corrected chi connectivity index (χ3v) is 5.91. The monoisotopic (exact) mass is 579 g/mol. The second-order valence-electron chi connectivity index (χ2n) is 11.2. The van der Waals surface area contributed by atoms with Crippen LogP contribution < -0.4 is 21.7 Å². The van der Waals surface area contributed by atoms with Crippen LogP contribution in [0.25, 0.3) is 0 Å². The molecule has 1 saturated heterocycles. The third kappa shape index (κ3) is 17.1. The molecule has 232 valence electrons. The Kier molecular flexibility index (Phi) is 16.4. The highest BCUT2D eigenvalue weighted by atomic mass is 16.6. The van der Waals surface area contributed by atoms with Crippen LogP contribution in [0.1, 0.15) is 59.4 Å². The normalized spacial score (nSPS) is 15.0. The van der Waals surface area contributed by atoms with Gasteiger partial charge in [-0.2, -0.15) is 0 Å². The minimum Gasteiger partial charge on any atom is -0.445 e. The van der Waals surface area contributed by atoms with Gasteiger partial charge in [-0.25, -0.2) is 9.59 Å². The van der Waals surface area contributed by atoms with E-state index in [1.54, 1.807) is 34.6 Å². The van der Waals surface area contributed by atoms with Gasteiger partial charge in [0.05, 0.1) is 13.2 Å². The average molecular weight is 580 g/mol. The fourth-order valence-electron chi connectivity index (χ4n) is 3.63. The summed E-state index contributed by atoms with van der Waals surface area (Å²) in [7, 11) is 2.11. The topological polar surface area (TPSA) is 161 Å². The van der Waals surface area contributed by atoms with Gasteiger partial charge < -0.3 is 40.8 Å². The van der Waals surface area contributed by atoms with E-state index in [-0.39, 0.29) is 18.9 Å². The van der Waals surface area contributed by atoms with E-state index in [2.05, 4.69) is 27.9 Å². The van der Waals surface area contributed by atoms with Gasteiger partial charge in [0.15, 0.2) is 0 Å². The van der Waals surface area contributed by atoms with Gasteiger partial charge in [0, 0.05) is 19.6 Å². The standard InChI is InChI=1S/C24H38N4O6.C5H11NO/c1-16(2)19(20(25)29)28-21(30)18(27-23(32)34-24(3,4)5)13-9-10-14-26-22(31)33-15-17-11-7-6-8-12-17;1-6-2-4-7-5-3-6/h6-8,11-12,16,18-19H,9-10,13-15H2,1-5H3,(H2,25,29)(H,26,31)(H,27,32)(H,28,30);2-5H2,1H3/t18-,19+;/m1./s1. The van der Waals surface area contributed by atoms with E-state index in [1.165, 1.54) is 0 Å². The summed E-state index contributed by atoms with van der Waals surface area (Å²) in [6.45, 7) is 13.2. The number of nitrogens with zero attached hydrogens (tertiary/aromatic N) is 1. The lowest BCUT2D eigenvalue weighted by Crippen LogP contribution is -2.55. The highest BCUT2D eigenvalue weighted by molar-refractivity contribution is 5.90. The number of amides is 4. The second kappa shape index (κ2) is 18.9. The number of unbranched alkanes of at least 4 members (excludes halogenated alkanes) is 1. The van der Waals surface area contributed by atoms with Crippen molar-refractivity contribution in [3.05, 3.63) is 35.9 Å². The van der Waals surface area contributed by atoms with E-state index in [9.17, 15) is 19.2 Å². The average Bonchev–Trinajstić information content (AvgIpc) is 2.89. The number of carbonyl (C=O) groups is 4. The van der Waals surface area contributed by atoms with Crippen LogP contribution in [0.3, 0.4) is 0 Å². The van der Waals surface area contributed by atoms with Crippen molar-refractivity contribution in [2.45, 2.75) is 78.2 Å². The number of benzene rings is 1. The first-order valence-corrected chi connectivity index (χ1v) is 14.1. The SMILES string of the molecule is CC(C)[C@H](NC(=O)[C@@H](CCCCNC(=O)OCc1ccccc1)NC(=O)OC(C)(C)C)C(N)=O.CN1CCOCC1. The Hall–Kier alpha value is -3.38. The van der Waals surface area contributed by atoms with E-state index in [4.69, 9.17) is 19.9 Å². The Bertz CT molecular complexity index is 931. The maximum atomic E-state index is 12.8. The molecule has 1 fully saturated rings. The highest BCUT2D eigenvalue weighted by Crippen LogP contribution is 2.10. The summed E-state index contributed by atoms with van der Waals surface area (Å²) in [5.74, 6) is -1.40. The molecule has 0 bridgehead atoms. The molecule has 1 aromatic carbocycles. The molecule has 1 aromatic rings. The van der Waals surface area contributed by atoms with Crippen LogP contribution in [0.5, 0.6) is 0 Å². The number of alkyl carbamates (subject to hydrolysis) is 2. The fraction of sp³-hybridized carbons (Fsp3) is 0.655. The van der Waals surface area contributed by atoms with Gasteiger partial charge in [0.1, 0.15) is 24.3 Å². The fourth-order valence-corrected chi connectivity index (χ4v) is 3.63. The molecule has 5 N–H and O–H groups in total. The molecule has 0 radical (unpaired) electrons. The van der Waals surface area contributed by atoms with Crippen molar-refractivity contribution in [1.29, 1.82) is 0 Å². The lowest BCUT2D eigenvalue weighted by atomic mass is 10.0. The number of hydrogen-bond donors (Lipinski definition) is 4. The van der Waals surface area contributed by atoms with Crippen molar-refractivity contribution >= 4 is 24.0 Å². The predicted octanol–water partition coefficient (Wildman–Crippen LogP) is 2.55. The molecular weight excluding hydrogens is 530 g/mol. The number of primary amides is 1. The van der Waals surface area contributed by atoms with Crippen molar-refractivity contribution < 1.29 is 33.4 Å². The molecule has 4 amide bonds. The maximum Gasteiger partial charge on any atom is 0.408 e. The third-order valence-electron chi connectivity index (χ3n) is 5.91.